The fourth-order valence-corrected chi connectivity index (χ4v) is 2.95. The van der Waals surface area contributed by atoms with Gasteiger partial charge in [-0.15, -0.1) is 0 Å². The number of hydrogen-bond donors (Lipinski definition) is 1. The van der Waals surface area contributed by atoms with Crippen molar-refractivity contribution in [1.29, 1.82) is 0 Å². The number of rotatable bonds is 4. The van der Waals surface area contributed by atoms with Gasteiger partial charge in [0.15, 0.2) is 0 Å². The quantitative estimate of drug-likeness (QED) is 0.921. The zero-order valence-corrected chi connectivity index (χ0v) is 11.8. The van der Waals surface area contributed by atoms with E-state index in [4.69, 9.17) is 0 Å². The molecule has 1 fully saturated rings. The van der Waals surface area contributed by atoms with Crippen molar-refractivity contribution in [3.8, 4) is 0 Å². The molecule has 1 unspecified atom stereocenters. The molecule has 3 nitrogen and oxygen atoms in total. The molecular weight excluding hydrogens is 266 g/mol. The first-order valence-electron chi connectivity index (χ1n) is 5.98. The van der Waals surface area contributed by atoms with E-state index >= 15 is 0 Å². The fraction of sp³-hybridized carbons (Fsp3) is 0.750. The van der Waals surface area contributed by atoms with Crippen LogP contribution in [0.2, 0.25) is 0 Å². The van der Waals surface area contributed by atoms with Crippen molar-refractivity contribution >= 4 is 15.9 Å². The van der Waals surface area contributed by atoms with Gasteiger partial charge in [-0.3, -0.25) is 4.68 Å². The summed E-state index contributed by atoms with van der Waals surface area (Å²) >= 11 is 3.64. The summed E-state index contributed by atoms with van der Waals surface area (Å²) in [5, 5.41) is 7.90. The van der Waals surface area contributed by atoms with E-state index < -0.39 is 0 Å². The topological polar surface area (TPSA) is 29.9 Å². The molecule has 1 aromatic rings. The molecule has 1 aromatic heterocycles. The van der Waals surface area contributed by atoms with Gasteiger partial charge in [-0.1, -0.05) is 6.42 Å². The molecule has 1 aliphatic rings. The first-order chi connectivity index (χ1) is 7.63. The smallest absolute Gasteiger partial charge is 0.0738 e. The van der Waals surface area contributed by atoms with Gasteiger partial charge in [0.1, 0.15) is 0 Å². The molecule has 0 radical (unpaired) electrons. The molecule has 1 saturated carbocycles. The zero-order chi connectivity index (χ0) is 11.7. The summed E-state index contributed by atoms with van der Waals surface area (Å²) in [4.78, 5) is 0. The third kappa shape index (κ3) is 2.18. The van der Waals surface area contributed by atoms with Gasteiger partial charge in [0, 0.05) is 19.5 Å². The minimum atomic E-state index is 0.597. The number of aromatic nitrogens is 2. The molecule has 0 bridgehead atoms. The van der Waals surface area contributed by atoms with Crippen LogP contribution in [0.3, 0.4) is 0 Å². The average molecular weight is 286 g/mol. The molecule has 0 saturated heterocycles. The van der Waals surface area contributed by atoms with E-state index in [1.165, 1.54) is 29.4 Å². The van der Waals surface area contributed by atoms with Gasteiger partial charge in [-0.2, -0.15) is 5.10 Å². The van der Waals surface area contributed by atoms with E-state index in [9.17, 15) is 0 Å². The van der Waals surface area contributed by atoms with Crippen molar-refractivity contribution in [2.75, 3.05) is 7.05 Å². The molecule has 1 atom stereocenters. The van der Waals surface area contributed by atoms with E-state index in [0.29, 0.717) is 6.04 Å². The molecule has 90 valence electrons. The van der Waals surface area contributed by atoms with Gasteiger partial charge in [-0.05, 0) is 48.7 Å². The van der Waals surface area contributed by atoms with Crippen molar-refractivity contribution in [3.63, 3.8) is 0 Å². The fourth-order valence-electron chi connectivity index (χ4n) is 2.46. The summed E-state index contributed by atoms with van der Waals surface area (Å²) in [7, 11) is 4.10. The molecule has 16 heavy (non-hydrogen) atoms. The zero-order valence-electron chi connectivity index (χ0n) is 10.3. The molecule has 1 aliphatic carbocycles. The van der Waals surface area contributed by atoms with E-state index in [1.54, 1.807) is 0 Å². The molecular formula is C12H20BrN3. The summed E-state index contributed by atoms with van der Waals surface area (Å²) < 4.78 is 3.18. The van der Waals surface area contributed by atoms with Gasteiger partial charge in [0.05, 0.1) is 15.9 Å². The highest BCUT2D eigenvalue weighted by Crippen LogP contribution is 2.32. The number of hydrogen-bond acceptors (Lipinski definition) is 2. The maximum Gasteiger partial charge on any atom is 0.0738 e. The summed E-state index contributed by atoms with van der Waals surface area (Å²) in [6.07, 6.45) is 5.22. The Bertz CT molecular complexity index is 369. The third-order valence-corrected chi connectivity index (χ3v) is 4.80. The number of likely N-dealkylation sites (N-methyl/N-ethyl adjacent to an activating group) is 1. The van der Waals surface area contributed by atoms with Gasteiger partial charge in [0.2, 0.25) is 0 Å². The predicted molar refractivity (Wildman–Crippen MR) is 69.5 cm³/mol. The summed E-state index contributed by atoms with van der Waals surface area (Å²) in [5.41, 5.74) is 2.39. The molecule has 0 aliphatic heterocycles. The highest BCUT2D eigenvalue weighted by molar-refractivity contribution is 9.10. The Balaban J connectivity index is 2.11. The Morgan fingerprint density at radius 3 is 2.62 bits per heavy atom. The van der Waals surface area contributed by atoms with Crippen LogP contribution in [0.4, 0.5) is 0 Å². The first kappa shape index (κ1) is 12.1. The SMILES string of the molecule is CNC(Cc1c(Br)c(C)nn1C)C1CCC1. The number of nitrogens with one attached hydrogen (secondary N) is 1. The molecule has 0 amide bonds. The monoisotopic (exact) mass is 285 g/mol. The van der Waals surface area contributed by atoms with Crippen molar-refractivity contribution in [3.05, 3.63) is 15.9 Å². The second-order valence-electron chi connectivity index (χ2n) is 4.76. The van der Waals surface area contributed by atoms with Crippen LogP contribution in [0.15, 0.2) is 4.47 Å². The lowest BCUT2D eigenvalue weighted by atomic mass is 9.78. The Hall–Kier alpha value is -0.350. The van der Waals surface area contributed by atoms with Crippen LogP contribution >= 0.6 is 15.9 Å². The Kier molecular flexibility index (Phi) is 3.70. The minimum absolute atomic E-state index is 0.597. The van der Waals surface area contributed by atoms with E-state index in [1.807, 2.05) is 18.7 Å². The minimum Gasteiger partial charge on any atom is -0.316 e. The first-order valence-corrected chi connectivity index (χ1v) is 6.78. The van der Waals surface area contributed by atoms with Crippen LogP contribution in [0.5, 0.6) is 0 Å². The summed E-state index contributed by atoms with van der Waals surface area (Å²) in [6, 6.07) is 0.597. The molecule has 1 N–H and O–H groups in total. The average Bonchev–Trinajstić information content (AvgIpc) is 2.40. The number of aryl methyl sites for hydroxylation is 2. The molecule has 0 spiro atoms. The Morgan fingerprint density at radius 2 is 2.25 bits per heavy atom. The van der Waals surface area contributed by atoms with E-state index in [-0.39, 0.29) is 0 Å². The molecule has 2 rings (SSSR count). The molecule has 0 aromatic carbocycles. The van der Waals surface area contributed by atoms with Crippen LogP contribution in [-0.2, 0) is 13.5 Å². The van der Waals surface area contributed by atoms with Gasteiger partial charge >= 0.3 is 0 Å². The van der Waals surface area contributed by atoms with E-state index in [2.05, 4.69) is 33.4 Å². The van der Waals surface area contributed by atoms with Gasteiger partial charge in [0.25, 0.3) is 0 Å². The van der Waals surface area contributed by atoms with Crippen molar-refractivity contribution in [2.45, 2.75) is 38.6 Å². The normalized spacial score (nSPS) is 18.5. The van der Waals surface area contributed by atoms with Crippen LogP contribution in [0, 0.1) is 12.8 Å². The second-order valence-corrected chi connectivity index (χ2v) is 5.55. The van der Waals surface area contributed by atoms with Crippen molar-refractivity contribution in [1.82, 2.24) is 15.1 Å². The lowest BCUT2D eigenvalue weighted by molar-refractivity contribution is 0.233. The van der Waals surface area contributed by atoms with Crippen LogP contribution in [-0.4, -0.2) is 22.9 Å². The number of halogens is 1. The second kappa shape index (κ2) is 4.88. The largest absolute Gasteiger partial charge is 0.316 e. The van der Waals surface area contributed by atoms with Crippen molar-refractivity contribution in [2.24, 2.45) is 13.0 Å². The summed E-state index contributed by atoms with van der Waals surface area (Å²) in [6.45, 7) is 2.05. The maximum absolute atomic E-state index is 4.44. The standard InChI is InChI=1S/C12H20BrN3/c1-8-12(13)11(16(3)15-8)7-10(14-2)9-5-4-6-9/h9-10,14H,4-7H2,1-3H3. The van der Waals surface area contributed by atoms with Gasteiger partial charge in [-0.25, -0.2) is 0 Å². The highest BCUT2D eigenvalue weighted by Gasteiger charge is 2.27. The maximum atomic E-state index is 4.44. The van der Waals surface area contributed by atoms with Crippen LogP contribution in [0.25, 0.3) is 0 Å². The predicted octanol–water partition coefficient (Wildman–Crippen LogP) is 2.42. The third-order valence-electron chi connectivity index (χ3n) is 3.76. The molecule has 1 heterocycles. The van der Waals surface area contributed by atoms with E-state index in [0.717, 1.165) is 18.0 Å². The van der Waals surface area contributed by atoms with Crippen LogP contribution in [0.1, 0.15) is 30.7 Å². The number of nitrogens with zero attached hydrogens (tertiary/aromatic N) is 2. The lowest BCUT2D eigenvalue weighted by Gasteiger charge is -2.33. The van der Waals surface area contributed by atoms with Crippen LogP contribution < -0.4 is 5.32 Å². The molecule has 4 heteroatoms. The van der Waals surface area contributed by atoms with Crippen molar-refractivity contribution < 1.29 is 0 Å². The van der Waals surface area contributed by atoms with Gasteiger partial charge < -0.3 is 5.32 Å². The lowest BCUT2D eigenvalue weighted by Crippen LogP contribution is -2.39. The highest BCUT2D eigenvalue weighted by atomic mass is 79.9. The Labute approximate surface area is 106 Å². The summed E-state index contributed by atoms with van der Waals surface area (Å²) in [5.74, 6) is 0.854. The Morgan fingerprint density at radius 1 is 1.56 bits per heavy atom.